The van der Waals surface area contributed by atoms with Crippen molar-refractivity contribution in [1.82, 2.24) is 9.80 Å². The molecule has 2 fully saturated rings. The standard InChI is InChI=1S/C13H22N2S/c1-3-8-16-9-7-14-11-13-5-4-6-15(13)10-12(14)2/h1,12-13H,4-11H2,2H3. The number of piperazine rings is 1. The predicted octanol–water partition coefficient (Wildman–Crippen LogP) is 1.52. The van der Waals surface area contributed by atoms with Crippen LogP contribution < -0.4 is 0 Å². The minimum atomic E-state index is 0.723. The fraction of sp³-hybridized carbons (Fsp3) is 0.846. The van der Waals surface area contributed by atoms with Crippen LogP contribution in [0.2, 0.25) is 0 Å². The number of terminal acetylenes is 1. The van der Waals surface area contributed by atoms with Crippen LogP contribution >= 0.6 is 11.8 Å². The fourth-order valence-corrected chi connectivity index (χ4v) is 3.50. The van der Waals surface area contributed by atoms with Gasteiger partial charge in [0.2, 0.25) is 0 Å². The van der Waals surface area contributed by atoms with Gasteiger partial charge in [0, 0.05) is 37.5 Å². The van der Waals surface area contributed by atoms with Crippen molar-refractivity contribution >= 4 is 11.8 Å². The Hall–Kier alpha value is -0.170. The Labute approximate surface area is 104 Å². The van der Waals surface area contributed by atoms with E-state index in [2.05, 4.69) is 22.6 Å². The second-order valence-electron chi connectivity index (χ2n) is 4.89. The quantitative estimate of drug-likeness (QED) is 0.542. The number of rotatable bonds is 4. The average Bonchev–Trinajstić information content (AvgIpc) is 2.71. The van der Waals surface area contributed by atoms with E-state index in [1.165, 1.54) is 44.8 Å². The summed E-state index contributed by atoms with van der Waals surface area (Å²) in [4.78, 5) is 5.33. The zero-order chi connectivity index (χ0) is 11.4. The number of fused-ring (bicyclic) bond motifs is 1. The van der Waals surface area contributed by atoms with Crippen LogP contribution in [0.25, 0.3) is 0 Å². The first-order valence-corrected chi connectivity index (χ1v) is 7.46. The molecule has 0 aromatic rings. The molecule has 0 bridgehead atoms. The summed E-state index contributed by atoms with van der Waals surface area (Å²) >= 11 is 1.88. The Balaban J connectivity index is 1.74. The molecule has 0 aromatic heterocycles. The molecule has 2 saturated heterocycles. The average molecular weight is 238 g/mol. The smallest absolute Gasteiger partial charge is 0.0545 e. The maximum atomic E-state index is 5.25. The third kappa shape index (κ3) is 2.94. The molecule has 0 aliphatic carbocycles. The van der Waals surface area contributed by atoms with E-state index in [9.17, 15) is 0 Å². The van der Waals surface area contributed by atoms with Crippen LogP contribution in [0.1, 0.15) is 19.8 Å². The zero-order valence-corrected chi connectivity index (χ0v) is 11.0. The summed E-state index contributed by atoms with van der Waals surface area (Å²) in [7, 11) is 0. The molecule has 2 heterocycles. The summed E-state index contributed by atoms with van der Waals surface area (Å²) in [5, 5.41) is 0. The van der Waals surface area contributed by atoms with Crippen molar-refractivity contribution in [3.05, 3.63) is 0 Å². The Morgan fingerprint density at radius 2 is 2.31 bits per heavy atom. The van der Waals surface area contributed by atoms with Crippen molar-refractivity contribution in [3.63, 3.8) is 0 Å². The molecule has 2 unspecified atom stereocenters. The van der Waals surface area contributed by atoms with Crippen molar-refractivity contribution in [1.29, 1.82) is 0 Å². The van der Waals surface area contributed by atoms with Crippen LogP contribution in [-0.4, -0.2) is 59.6 Å². The first-order valence-electron chi connectivity index (χ1n) is 6.30. The molecule has 2 nitrogen and oxygen atoms in total. The maximum absolute atomic E-state index is 5.25. The van der Waals surface area contributed by atoms with Crippen LogP contribution in [0.4, 0.5) is 0 Å². The first-order chi connectivity index (χ1) is 7.81. The highest BCUT2D eigenvalue weighted by atomic mass is 32.2. The zero-order valence-electron chi connectivity index (χ0n) is 10.2. The van der Waals surface area contributed by atoms with Gasteiger partial charge in [-0.1, -0.05) is 5.92 Å². The lowest BCUT2D eigenvalue weighted by Crippen LogP contribution is -2.55. The summed E-state index contributed by atoms with van der Waals surface area (Å²) in [5.74, 6) is 4.73. The van der Waals surface area contributed by atoms with Gasteiger partial charge in [-0.2, -0.15) is 0 Å². The van der Waals surface area contributed by atoms with E-state index in [1.54, 1.807) is 0 Å². The molecular weight excluding hydrogens is 216 g/mol. The van der Waals surface area contributed by atoms with Crippen molar-refractivity contribution in [3.8, 4) is 12.3 Å². The van der Waals surface area contributed by atoms with Crippen molar-refractivity contribution in [2.24, 2.45) is 0 Å². The van der Waals surface area contributed by atoms with E-state index >= 15 is 0 Å². The molecule has 0 N–H and O–H groups in total. The molecule has 0 spiro atoms. The Morgan fingerprint density at radius 3 is 3.12 bits per heavy atom. The van der Waals surface area contributed by atoms with Gasteiger partial charge in [0.25, 0.3) is 0 Å². The van der Waals surface area contributed by atoms with Gasteiger partial charge >= 0.3 is 0 Å². The highest BCUT2D eigenvalue weighted by molar-refractivity contribution is 7.99. The molecule has 0 radical (unpaired) electrons. The van der Waals surface area contributed by atoms with Gasteiger partial charge < -0.3 is 0 Å². The molecule has 2 rings (SSSR count). The third-order valence-electron chi connectivity index (χ3n) is 3.77. The molecule has 2 aliphatic heterocycles. The highest BCUT2D eigenvalue weighted by Gasteiger charge is 2.33. The number of hydrogen-bond acceptors (Lipinski definition) is 3. The predicted molar refractivity (Wildman–Crippen MR) is 71.8 cm³/mol. The summed E-state index contributed by atoms with van der Waals surface area (Å²) in [6.45, 7) is 7.44. The second kappa shape index (κ2) is 5.95. The van der Waals surface area contributed by atoms with Crippen LogP contribution in [-0.2, 0) is 0 Å². The molecule has 2 atom stereocenters. The van der Waals surface area contributed by atoms with E-state index in [4.69, 9.17) is 6.42 Å². The summed E-state index contributed by atoms with van der Waals surface area (Å²) < 4.78 is 0. The molecular formula is C13H22N2S. The van der Waals surface area contributed by atoms with Gasteiger partial charge in [-0.3, -0.25) is 9.80 Å². The largest absolute Gasteiger partial charge is 0.298 e. The molecule has 90 valence electrons. The molecule has 0 saturated carbocycles. The summed E-state index contributed by atoms with van der Waals surface area (Å²) in [6, 6.07) is 1.56. The van der Waals surface area contributed by atoms with Crippen molar-refractivity contribution in [2.75, 3.05) is 37.7 Å². The Morgan fingerprint density at radius 1 is 1.44 bits per heavy atom. The molecule has 3 heteroatoms. The molecule has 0 amide bonds. The first kappa shape index (κ1) is 12.3. The fourth-order valence-electron chi connectivity index (χ4n) is 2.87. The van der Waals surface area contributed by atoms with Gasteiger partial charge in [0.1, 0.15) is 0 Å². The third-order valence-corrected chi connectivity index (χ3v) is 4.62. The maximum Gasteiger partial charge on any atom is 0.0545 e. The number of thioether (sulfide) groups is 1. The van der Waals surface area contributed by atoms with Crippen LogP contribution in [0.3, 0.4) is 0 Å². The monoisotopic (exact) mass is 238 g/mol. The normalized spacial score (nSPS) is 31.2. The molecule has 16 heavy (non-hydrogen) atoms. The Kier molecular flexibility index (Phi) is 4.57. The molecule has 2 aliphatic rings. The Bertz CT molecular complexity index is 261. The summed E-state index contributed by atoms with van der Waals surface area (Å²) in [6.07, 6.45) is 8.06. The van der Waals surface area contributed by atoms with Gasteiger partial charge in [-0.15, -0.1) is 18.2 Å². The van der Waals surface area contributed by atoms with Gasteiger partial charge in [0.15, 0.2) is 0 Å². The topological polar surface area (TPSA) is 6.48 Å². The highest BCUT2D eigenvalue weighted by Crippen LogP contribution is 2.24. The second-order valence-corrected chi connectivity index (χ2v) is 6.00. The lowest BCUT2D eigenvalue weighted by Gasteiger charge is -2.42. The van der Waals surface area contributed by atoms with E-state index in [-0.39, 0.29) is 0 Å². The lowest BCUT2D eigenvalue weighted by molar-refractivity contribution is 0.0646. The summed E-state index contributed by atoms with van der Waals surface area (Å²) in [5.41, 5.74) is 0. The molecule has 0 aromatic carbocycles. The lowest BCUT2D eigenvalue weighted by atomic mass is 10.1. The van der Waals surface area contributed by atoms with E-state index < -0.39 is 0 Å². The van der Waals surface area contributed by atoms with Gasteiger partial charge in [0.05, 0.1) is 5.75 Å². The van der Waals surface area contributed by atoms with Gasteiger partial charge in [-0.05, 0) is 26.3 Å². The van der Waals surface area contributed by atoms with Crippen LogP contribution in [0, 0.1) is 12.3 Å². The SMILES string of the molecule is C#CCSCCN1CC2CCCN2CC1C. The van der Waals surface area contributed by atoms with Gasteiger partial charge in [-0.25, -0.2) is 0 Å². The number of hydrogen-bond donors (Lipinski definition) is 0. The van der Waals surface area contributed by atoms with Crippen LogP contribution in [0.15, 0.2) is 0 Å². The van der Waals surface area contributed by atoms with E-state index in [1.807, 2.05) is 11.8 Å². The van der Waals surface area contributed by atoms with Crippen molar-refractivity contribution < 1.29 is 0 Å². The van der Waals surface area contributed by atoms with Crippen molar-refractivity contribution in [2.45, 2.75) is 31.8 Å². The minimum absolute atomic E-state index is 0.723. The van der Waals surface area contributed by atoms with E-state index in [0.717, 1.165) is 17.8 Å². The van der Waals surface area contributed by atoms with Crippen LogP contribution in [0.5, 0.6) is 0 Å². The number of nitrogens with zero attached hydrogens (tertiary/aromatic N) is 2. The van der Waals surface area contributed by atoms with E-state index in [0.29, 0.717) is 0 Å². The minimum Gasteiger partial charge on any atom is -0.298 e.